The Hall–Kier alpha value is -2.47. The molecule has 0 unspecified atom stereocenters. The first-order valence-electron chi connectivity index (χ1n) is 7.55. The Bertz CT molecular complexity index is 898. The summed E-state index contributed by atoms with van der Waals surface area (Å²) in [5, 5.41) is 9.17. The predicted octanol–water partition coefficient (Wildman–Crippen LogP) is 4.32. The summed E-state index contributed by atoms with van der Waals surface area (Å²) in [6.45, 7) is 1.92. The summed E-state index contributed by atoms with van der Waals surface area (Å²) in [5.41, 5.74) is 2.76. The van der Waals surface area contributed by atoms with Crippen molar-refractivity contribution in [3.63, 3.8) is 0 Å². The smallest absolute Gasteiger partial charge is 0.0739 e. The number of nitrogens with one attached hydrogen (secondary N) is 1. The minimum Gasteiger partial charge on any atom is -0.356 e. The van der Waals surface area contributed by atoms with Gasteiger partial charge in [-0.05, 0) is 55.5 Å². The average Bonchev–Trinajstić information content (AvgIpc) is 2.56. The van der Waals surface area contributed by atoms with Gasteiger partial charge in [0, 0.05) is 11.4 Å². The van der Waals surface area contributed by atoms with E-state index in [9.17, 15) is 8.76 Å². The maximum absolute atomic E-state index is 13.1. The van der Waals surface area contributed by atoms with Gasteiger partial charge in [-0.15, -0.1) is 0 Å². The molecule has 0 aliphatic heterocycles. The first-order chi connectivity index (χ1) is 11.3. The van der Waals surface area contributed by atoms with E-state index < -0.39 is 9.53 Å². The molecule has 5 heteroatoms. The molecule has 0 aliphatic carbocycles. The number of para-hydroxylation sites is 1. The molecule has 3 aromatic carbocycles. The zero-order valence-corrected chi connectivity index (χ0v) is 14.2. The van der Waals surface area contributed by atoms with Gasteiger partial charge in [-0.2, -0.15) is 4.21 Å². The standard InChI is InChI=1S/C19H20N2O2S/c1-15-7-11-18(12-8-15)24(20,22,23)19-13-9-17(10-14-19)21-16-5-3-2-4-6-16/h2-14,21H,1H3,(H3,20,22,23). The van der Waals surface area contributed by atoms with Gasteiger partial charge in [0.25, 0.3) is 0 Å². The van der Waals surface area contributed by atoms with Gasteiger partial charge in [0.2, 0.25) is 0 Å². The molecule has 4 nitrogen and oxygen atoms in total. The molecule has 0 spiro atoms. The highest BCUT2D eigenvalue weighted by molar-refractivity contribution is 8.13. The van der Waals surface area contributed by atoms with Crippen LogP contribution < -0.4 is 10.5 Å². The highest BCUT2D eigenvalue weighted by Gasteiger charge is 2.27. The maximum Gasteiger partial charge on any atom is 0.0739 e. The molecule has 24 heavy (non-hydrogen) atoms. The molecule has 0 aliphatic rings. The minimum absolute atomic E-state index is 0.189. The summed E-state index contributed by atoms with van der Waals surface area (Å²) < 4.78 is 23.8. The summed E-state index contributed by atoms with van der Waals surface area (Å²) in [5.74, 6) is 0. The van der Waals surface area contributed by atoms with Crippen LogP contribution in [0.25, 0.3) is 0 Å². The van der Waals surface area contributed by atoms with E-state index in [-0.39, 0.29) is 9.79 Å². The molecule has 0 radical (unpaired) electrons. The van der Waals surface area contributed by atoms with Crippen LogP contribution in [0.2, 0.25) is 0 Å². The Morgan fingerprint density at radius 2 is 1.25 bits per heavy atom. The molecule has 0 saturated heterocycles. The second-order valence-corrected chi connectivity index (χ2v) is 8.66. The number of anilines is 2. The second-order valence-electron chi connectivity index (χ2n) is 5.79. The van der Waals surface area contributed by atoms with Gasteiger partial charge in [-0.3, -0.25) is 4.55 Å². The molecule has 0 heterocycles. The average molecular weight is 340 g/mol. The Morgan fingerprint density at radius 1 is 0.792 bits per heavy atom. The number of aryl methyl sites for hydroxylation is 1. The van der Waals surface area contributed by atoms with Gasteiger partial charge in [0.15, 0.2) is 0 Å². The lowest BCUT2D eigenvalue weighted by molar-refractivity contribution is 0.512. The van der Waals surface area contributed by atoms with E-state index in [1.807, 2.05) is 37.3 Å². The monoisotopic (exact) mass is 340 g/mol. The number of hydrogen-bond acceptors (Lipinski definition) is 2. The fourth-order valence-electron chi connectivity index (χ4n) is 2.43. The number of rotatable bonds is 4. The van der Waals surface area contributed by atoms with Crippen LogP contribution in [0.15, 0.2) is 88.7 Å². The normalized spacial score (nSPS) is 13.0. The van der Waals surface area contributed by atoms with Crippen LogP contribution in [0.4, 0.5) is 11.4 Å². The third-order valence-corrected chi connectivity index (χ3v) is 6.22. The second kappa shape index (κ2) is 5.87. The number of benzene rings is 3. The van der Waals surface area contributed by atoms with Crippen molar-refractivity contribution in [1.29, 1.82) is 0 Å². The first kappa shape index (κ1) is 16.4. The topological polar surface area (TPSA) is 75.4 Å². The lowest BCUT2D eigenvalue weighted by Crippen LogP contribution is -2.42. The molecule has 0 saturated carbocycles. The van der Waals surface area contributed by atoms with E-state index >= 15 is 0 Å². The minimum atomic E-state index is -4.57. The van der Waals surface area contributed by atoms with Crippen molar-refractivity contribution in [3.8, 4) is 0 Å². The molecular formula is C19H20N2O2S. The van der Waals surface area contributed by atoms with E-state index in [1.165, 1.54) is 0 Å². The van der Waals surface area contributed by atoms with Crippen molar-refractivity contribution in [2.24, 2.45) is 5.14 Å². The summed E-state index contributed by atoms with van der Waals surface area (Å²) in [4.78, 5) is 0.399. The fourth-order valence-corrected chi connectivity index (χ4v) is 4.02. The van der Waals surface area contributed by atoms with Crippen molar-refractivity contribution in [2.75, 3.05) is 5.32 Å². The van der Waals surface area contributed by atoms with Crippen molar-refractivity contribution in [1.82, 2.24) is 0 Å². The van der Waals surface area contributed by atoms with Gasteiger partial charge < -0.3 is 5.32 Å². The molecule has 124 valence electrons. The van der Waals surface area contributed by atoms with Gasteiger partial charge in [-0.25, -0.2) is 5.14 Å². The lowest BCUT2D eigenvalue weighted by atomic mass is 10.2. The van der Waals surface area contributed by atoms with Gasteiger partial charge >= 0.3 is 0 Å². The van der Waals surface area contributed by atoms with Crippen LogP contribution in [0.5, 0.6) is 0 Å². The van der Waals surface area contributed by atoms with Crippen molar-refractivity contribution in [2.45, 2.75) is 16.7 Å². The first-order valence-corrected chi connectivity index (χ1v) is 9.53. The largest absolute Gasteiger partial charge is 0.356 e. The van der Waals surface area contributed by atoms with Crippen molar-refractivity contribution >= 4 is 20.9 Å². The predicted molar refractivity (Wildman–Crippen MR) is 98.8 cm³/mol. The summed E-state index contributed by atoms with van der Waals surface area (Å²) in [6, 6.07) is 23.1. The molecule has 4 N–H and O–H groups in total. The molecule has 3 aromatic rings. The third kappa shape index (κ3) is 3.23. The van der Waals surface area contributed by atoms with Crippen LogP contribution in [-0.2, 0) is 9.53 Å². The summed E-state index contributed by atoms with van der Waals surface area (Å²) in [7, 11) is -4.57. The Balaban J connectivity index is 1.91. The van der Waals surface area contributed by atoms with Crippen LogP contribution in [0.3, 0.4) is 0 Å². The van der Waals surface area contributed by atoms with Crippen LogP contribution in [0.1, 0.15) is 5.56 Å². The Kier molecular flexibility index (Phi) is 4.01. The van der Waals surface area contributed by atoms with Crippen molar-refractivity contribution in [3.05, 3.63) is 84.4 Å². The summed E-state index contributed by atoms with van der Waals surface area (Å²) in [6.07, 6.45) is 0. The highest BCUT2D eigenvalue weighted by Crippen LogP contribution is 2.35. The lowest BCUT2D eigenvalue weighted by Gasteiger charge is -2.39. The molecule has 0 bridgehead atoms. The van der Waals surface area contributed by atoms with E-state index in [0.717, 1.165) is 16.9 Å². The van der Waals surface area contributed by atoms with E-state index in [0.29, 0.717) is 0 Å². The van der Waals surface area contributed by atoms with Crippen LogP contribution in [-0.4, -0.2) is 8.76 Å². The van der Waals surface area contributed by atoms with E-state index in [2.05, 4.69) is 5.32 Å². The van der Waals surface area contributed by atoms with E-state index in [4.69, 9.17) is 5.14 Å². The van der Waals surface area contributed by atoms with E-state index in [1.54, 1.807) is 48.5 Å². The molecule has 0 aromatic heterocycles. The quantitative estimate of drug-likeness (QED) is 0.662. The van der Waals surface area contributed by atoms with Gasteiger partial charge in [0.05, 0.1) is 9.79 Å². The Labute approximate surface area is 141 Å². The SMILES string of the molecule is Cc1ccc(S(N)(=O)(O)c2ccc(Nc3ccccc3)cc2)cc1. The number of nitrogens with two attached hydrogens (primary N) is 1. The highest BCUT2D eigenvalue weighted by atomic mass is 32.3. The zero-order valence-electron chi connectivity index (χ0n) is 13.3. The molecule has 0 fully saturated rings. The molecule has 0 amide bonds. The van der Waals surface area contributed by atoms with Crippen LogP contribution in [0, 0.1) is 6.92 Å². The molecular weight excluding hydrogens is 320 g/mol. The third-order valence-electron chi connectivity index (χ3n) is 3.85. The Morgan fingerprint density at radius 3 is 1.79 bits per heavy atom. The molecule has 0 atom stereocenters. The van der Waals surface area contributed by atoms with Crippen molar-refractivity contribution < 1.29 is 8.76 Å². The fraction of sp³-hybridized carbons (Fsp3) is 0.0526. The number of hydrogen-bond donors (Lipinski definition) is 3. The summed E-state index contributed by atoms with van der Waals surface area (Å²) >= 11 is 0. The van der Waals surface area contributed by atoms with Crippen LogP contribution >= 0.6 is 0 Å². The van der Waals surface area contributed by atoms with Gasteiger partial charge in [-0.1, -0.05) is 45.4 Å². The molecule has 3 rings (SSSR count). The van der Waals surface area contributed by atoms with Gasteiger partial charge in [0.1, 0.15) is 0 Å². The zero-order chi connectivity index (χ0) is 17.2. The maximum atomic E-state index is 13.1.